The van der Waals surface area contributed by atoms with E-state index < -0.39 is 10.1 Å². The third-order valence-electron chi connectivity index (χ3n) is 6.36. The fraction of sp³-hybridized carbons (Fsp3) is 0.200. The number of pyridine rings is 2. The van der Waals surface area contributed by atoms with E-state index in [0.29, 0.717) is 23.6 Å². The van der Waals surface area contributed by atoms with Crippen molar-refractivity contribution in [1.29, 1.82) is 0 Å². The van der Waals surface area contributed by atoms with Crippen LogP contribution in [-0.4, -0.2) is 22.5 Å². The summed E-state index contributed by atoms with van der Waals surface area (Å²) >= 11 is 1.04. The van der Waals surface area contributed by atoms with Gasteiger partial charge in [0.1, 0.15) is 0 Å². The molecule has 0 fully saturated rings. The van der Waals surface area contributed by atoms with Crippen LogP contribution in [0.15, 0.2) is 87.9 Å². The smallest absolute Gasteiger partial charge is 0.304 e. The second kappa shape index (κ2) is 10.3. The van der Waals surface area contributed by atoms with Crippen LogP contribution in [-0.2, 0) is 23.1 Å². The van der Waals surface area contributed by atoms with E-state index in [2.05, 4.69) is 13.8 Å². The Morgan fingerprint density at radius 3 is 2.32 bits per heavy atom. The number of benzene rings is 2. The predicted molar refractivity (Wildman–Crippen MR) is 153 cm³/mol. The van der Waals surface area contributed by atoms with Crippen LogP contribution in [0.3, 0.4) is 0 Å². The molecule has 3 heterocycles. The minimum absolute atomic E-state index is 0.0633. The number of thiophene rings is 1. The lowest BCUT2D eigenvalue weighted by Gasteiger charge is -2.16. The molecule has 0 atom stereocenters. The van der Waals surface area contributed by atoms with E-state index in [-0.39, 0.29) is 9.77 Å². The van der Waals surface area contributed by atoms with Gasteiger partial charge in [0.2, 0.25) is 0 Å². The molecule has 0 saturated carbocycles. The fourth-order valence-corrected chi connectivity index (χ4v) is 6.73. The fourth-order valence-electron chi connectivity index (χ4n) is 4.70. The molecule has 0 aliphatic rings. The van der Waals surface area contributed by atoms with Gasteiger partial charge in [-0.05, 0) is 48.6 Å². The molecule has 8 heteroatoms. The van der Waals surface area contributed by atoms with Crippen molar-refractivity contribution in [2.75, 3.05) is 0 Å². The Morgan fingerprint density at radius 2 is 1.66 bits per heavy atom. The van der Waals surface area contributed by atoms with E-state index >= 15 is 0 Å². The van der Waals surface area contributed by atoms with E-state index in [0.717, 1.165) is 56.1 Å². The third kappa shape index (κ3) is 5.34. The molecule has 1 N–H and O–H groups in total. The molecular weight excluding hydrogens is 516 g/mol. The van der Waals surface area contributed by atoms with Gasteiger partial charge in [0, 0.05) is 33.2 Å². The molecule has 0 saturated heterocycles. The number of rotatable bonds is 7. The highest BCUT2D eigenvalue weighted by Crippen LogP contribution is 2.35. The normalized spacial score (nSPS) is 11.9. The molecule has 0 aliphatic carbocycles. The van der Waals surface area contributed by atoms with E-state index in [1.165, 1.54) is 0 Å². The number of nitrogens with zero attached hydrogens (tertiary/aromatic N) is 2. The van der Waals surface area contributed by atoms with Crippen molar-refractivity contribution in [3.8, 4) is 22.4 Å². The Balaban J connectivity index is 1.59. The van der Waals surface area contributed by atoms with Crippen LogP contribution >= 0.6 is 11.3 Å². The largest absolute Gasteiger partial charge is 0.304 e. The van der Waals surface area contributed by atoms with E-state index in [1.807, 2.05) is 66.7 Å². The van der Waals surface area contributed by atoms with Crippen LogP contribution in [0.1, 0.15) is 30.0 Å². The second-order valence-corrected chi connectivity index (χ2v) is 12.7. The van der Waals surface area contributed by atoms with Crippen molar-refractivity contribution in [3.63, 3.8) is 0 Å². The van der Waals surface area contributed by atoms with Gasteiger partial charge in [-0.1, -0.05) is 68.4 Å². The minimum atomic E-state index is -4.32. The molecule has 5 rings (SSSR count). The van der Waals surface area contributed by atoms with Gasteiger partial charge in [-0.2, -0.15) is 8.42 Å². The number of aromatic nitrogens is 2. The Labute approximate surface area is 226 Å². The highest BCUT2D eigenvalue weighted by atomic mass is 32.3. The zero-order valence-electron chi connectivity index (χ0n) is 21.4. The molecule has 0 bridgehead atoms. The quantitative estimate of drug-likeness (QED) is 0.233. The minimum Gasteiger partial charge on any atom is -0.304 e. The third-order valence-corrected chi connectivity index (χ3v) is 8.78. The molecular formula is C30H28N2O4S2. The maximum Gasteiger partial charge on any atom is 0.304 e. The first-order chi connectivity index (χ1) is 18.1. The molecule has 5 aromatic rings. The molecule has 6 nitrogen and oxygen atoms in total. The first-order valence-electron chi connectivity index (χ1n) is 12.4. The summed E-state index contributed by atoms with van der Waals surface area (Å²) in [7, 11) is -4.32. The zero-order valence-corrected chi connectivity index (χ0v) is 23.0. The molecule has 0 radical (unpaired) electrons. The van der Waals surface area contributed by atoms with E-state index in [9.17, 15) is 17.8 Å². The summed E-state index contributed by atoms with van der Waals surface area (Å²) in [6.07, 6.45) is 0.795. The maximum atomic E-state index is 13.1. The van der Waals surface area contributed by atoms with Crippen molar-refractivity contribution in [3.05, 3.63) is 105 Å². The molecule has 2 aromatic carbocycles. The topological polar surface area (TPSA) is 89.3 Å². The van der Waals surface area contributed by atoms with Crippen molar-refractivity contribution in [2.24, 2.45) is 5.92 Å². The van der Waals surface area contributed by atoms with Crippen LogP contribution in [0.25, 0.3) is 33.3 Å². The van der Waals surface area contributed by atoms with Crippen LogP contribution in [0, 0.1) is 12.8 Å². The van der Waals surface area contributed by atoms with Gasteiger partial charge in [-0.15, -0.1) is 11.3 Å². The molecule has 0 amide bonds. The molecule has 194 valence electrons. The Morgan fingerprint density at radius 1 is 0.947 bits per heavy atom. The maximum absolute atomic E-state index is 13.1. The van der Waals surface area contributed by atoms with Crippen molar-refractivity contribution in [2.45, 2.75) is 37.9 Å². The Bertz CT molecular complexity index is 1790. The van der Waals surface area contributed by atoms with Crippen LogP contribution < -0.4 is 5.56 Å². The van der Waals surface area contributed by atoms with Gasteiger partial charge in [-0.25, -0.2) is 0 Å². The summed E-state index contributed by atoms with van der Waals surface area (Å²) < 4.78 is 35.1. The summed E-state index contributed by atoms with van der Waals surface area (Å²) in [6, 6.07) is 24.6. The summed E-state index contributed by atoms with van der Waals surface area (Å²) in [5.74, 6) is 0.411. The summed E-state index contributed by atoms with van der Waals surface area (Å²) in [4.78, 5) is 18.9. The summed E-state index contributed by atoms with van der Waals surface area (Å²) in [6.45, 7) is 6.45. The summed E-state index contributed by atoms with van der Waals surface area (Å²) in [5, 5.41) is 0.909. The molecule has 3 aromatic heterocycles. The predicted octanol–water partition coefficient (Wildman–Crippen LogP) is 6.59. The standard InChI is InChI=1S/C30H28N2O4S2/c1-19(2)15-24-17-27-25(29(31-24)23-7-5-4-6-8-23)13-14-28(33)32(27)18-21-9-11-22(12-10-21)26-16-20(3)37-30(26)38(34,35)36/h4-14,16-17,19H,15,18H2,1-3H3,(H,34,35,36). The van der Waals surface area contributed by atoms with Gasteiger partial charge < -0.3 is 4.57 Å². The molecule has 0 unspecified atom stereocenters. The van der Waals surface area contributed by atoms with E-state index in [1.54, 1.807) is 23.6 Å². The number of hydrogen-bond donors (Lipinski definition) is 1. The number of aryl methyl sites for hydroxylation is 1. The lowest BCUT2D eigenvalue weighted by Crippen LogP contribution is -2.20. The lowest BCUT2D eigenvalue weighted by atomic mass is 10.0. The van der Waals surface area contributed by atoms with Gasteiger partial charge in [0.15, 0.2) is 4.21 Å². The average Bonchev–Trinajstić information content (AvgIpc) is 3.28. The van der Waals surface area contributed by atoms with E-state index in [4.69, 9.17) is 4.98 Å². The molecule has 0 spiro atoms. The first-order valence-corrected chi connectivity index (χ1v) is 14.6. The van der Waals surface area contributed by atoms with Crippen LogP contribution in [0.4, 0.5) is 0 Å². The first kappa shape index (κ1) is 26.0. The Kier molecular flexibility index (Phi) is 7.05. The summed E-state index contributed by atoms with van der Waals surface area (Å²) in [5.41, 5.74) is 5.56. The molecule has 38 heavy (non-hydrogen) atoms. The second-order valence-electron chi connectivity index (χ2n) is 9.85. The van der Waals surface area contributed by atoms with Gasteiger partial charge in [0.05, 0.1) is 17.8 Å². The van der Waals surface area contributed by atoms with Crippen LogP contribution in [0.2, 0.25) is 0 Å². The number of fused-ring (bicyclic) bond motifs is 1. The van der Waals surface area contributed by atoms with Crippen molar-refractivity contribution < 1.29 is 13.0 Å². The average molecular weight is 545 g/mol. The SMILES string of the molecule is Cc1cc(-c2ccc(Cn3c(=O)ccc4c(-c5ccccc5)nc(CC(C)C)cc43)cc2)c(S(=O)(=O)O)s1. The van der Waals surface area contributed by atoms with Crippen molar-refractivity contribution in [1.82, 2.24) is 9.55 Å². The van der Waals surface area contributed by atoms with Gasteiger partial charge in [0.25, 0.3) is 5.56 Å². The van der Waals surface area contributed by atoms with Crippen LogP contribution in [0.5, 0.6) is 0 Å². The Hall–Kier alpha value is -3.59. The highest BCUT2D eigenvalue weighted by Gasteiger charge is 2.20. The number of hydrogen-bond acceptors (Lipinski definition) is 5. The van der Waals surface area contributed by atoms with Gasteiger partial charge >= 0.3 is 10.1 Å². The van der Waals surface area contributed by atoms with Crippen molar-refractivity contribution >= 4 is 32.4 Å². The molecule has 0 aliphatic heterocycles. The monoisotopic (exact) mass is 544 g/mol. The van der Waals surface area contributed by atoms with Gasteiger partial charge in [-0.3, -0.25) is 14.3 Å². The zero-order chi connectivity index (χ0) is 27.0. The highest BCUT2D eigenvalue weighted by molar-refractivity contribution is 7.88. The lowest BCUT2D eigenvalue weighted by molar-refractivity contribution is 0.486.